The minimum atomic E-state index is -4.37. The minimum absolute atomic E-state index is 0.0274. The van der Waals surface area contributed by atoms with E-state index < -0.39 is 11.8 Å². The van der Waals surface area contributed by atoms with E-state index in [0.29, 0.717) is 0 Å². The van der Waals surface area contributed by atoms with E-state index in [0.717, 1.165) is 0 Å². The van der Waals surface area contributed by atoms with Gasteiger partial charge in [0.2, 0.25) is 0 Å². The third-order valence-electron chi connectivity index (χ3n) is 2.85. The van der Waals surface area contributed by atoms with Gasteiger partial charge in [-0.05, 0) is 6.92 Å². The van der Waals surface area contributed by atoms with E-state index in [-0.39, 0.29) is 38.5 Å². The van der Waals surface area contributed by atoms with Crippen molar-refractivity contribution in [2.75, 3.05) is 19.7 Å². The number of likely N-dealkylation sites (tertiary alicyclic amines) is 1. The zero-order valence-corrected chi connectivity index (χ0v) is 9.10. The number of ether oxygens (including phenoxy) is 1. The fourth-order valence-electron chi connectivity index (χ4n) is 1.89. The van der Waals surface area contributed by atoms with Gasteiger partial charge in [-0.25, -0.2) is 0 Å². The van der Waals surface area contributed by atoms with Crippen LogP contribution >= 0.6 is 0 Å². The topological polar surface area (TPSA) is 62.3 Å². The van der Waals surface area contributed by atoms with Gasteiger partial charge >= 0.3 is 6.18 Å². The van der Waals surface area contributed by atoms with E-state index in [1.165, 1.54) is 4.90 Å². The van der Waals surface area contributed by atoms with E-state index in [9.17, 15) is 13.2 Å². The SMILES string of the molecule is CCOC1(C(F)(F)F)CCN(C(=N)N)CC1. The zero-order chi connectivity index (χ0) is 12.4. The number of piperidine rings is 1. The van der Waals surface area contributed by atoms with Gasteiger partial charge in [0.25, 0.3) is 0 Å². The molecule has 0 spiro atoms. The standard InChI is InChI=1S/C9H16F3N3O/c1-2-16-8(9(10,11)12)3-5-15(6-4-8)7(13)14/h2-6H2,1H3,(H3,13,14). The summed E-state index contributed by atoms with van der Waals surface area (Å²) in [6.07, 6.45) is -4.72. The monoisotopic (exact) mass is 239 g/mol. The predicted octanol–water partition coefficient (Wildman–Crippen LogP) is 1.31. The van der Waals surface area contributed by atoms with Crippen molar-refractivity contribution in [1.29, 1.82) is 5.41 Å². The van der Waals surface area contributed by atoms with Gasteiger partial charge in [0.15, 0.2) is 11.6 Å². The van der Waals surface area contributed by atoms with Gasteiger partial charge in [-0.2, -0.15) is 13.2 Å². The van der Waals surface area contributed by atoms with Crippen molar-refractivity contribution in [2.45, 2.75) is 31.5 Å². The molecule has 1 aliphatic rings. The van der Waals surface area contributed by atoms with E-state index >= 15 is 0 Å². The number of hydrogen-bond acceptors (Lipinski definition) is 2. The highest BCUT2D eigenvalue weighted by Crippen LogP contribution is 2.41. The molecule has 0 aromatic rings. The minimum Gasteiger partial charge on any atom is -0.370 e. The Balaban J connectivity index is 2.74. The molecule has 1 heterocycles. The summed E-state index contributed by atoms with van der Waals surface area (Å²) in [6, 6.07) is 0. The van der Waals surface area contributed by atoms with Crippen molar-refractivity contribution in [2.24, 2.45) is 5.73 Å². The number of halogens is 3. The molecule has 0 aliphatic carbocycles. The van der Waals surface area contributed by atoms with Crippen LogP contribution in [0.4, 0.5) is 13.2 Å². The summed E-state index contributed by atoms with van der Waals surface area (Å²) in [6.45, 7) is 1.79. The Morgan fingerprint density at radius 1 is 1.44 bits per heavy atom. The summed E-state index contributed by atoms with van der Waals surface area (Å²) in [5.74, 6) is -0.188. The smallest absolute Gasteiger partial charge is 0.370 e. The molecular weight excluding hydrogens is 223 g/mol. The Hall–Kier alpha value is -0.980. The number of guanidine groups is 1. The summed E-state index contributed by atoms with van der Waals surface area (Å²) in [7, 11) is 0. The maximum Gasteiger partial charge on any atom is 0.417 e. The van der Waals surface area contributed by atoms with E-state index in [1.54, 1.807) is 6.92 Å². The maximum absolute atomic E-state index is 12.9. The van der Waals surface area contributed by atoms with Gasteiger partial charge in [-0.3, -0.25) is 5.41 Å². The Morgan fingerprint density at radius 2 is 1.94 bits per heavy atom. The first-order chi connectivity index (χ1) is 7.32. The van der Waals surface area contributed by atoms with Crippen LogP contribution in [0.25, 0.3) is 0 Å². The highest BCUT2D eigenvalue weighted by molar-refractivity contribution is 5.74. The molecule has 4 nitrogen and oxygen atoms in total. The van der Waals surface area contributed by atoms with Crippen LogP contribution in [0.5, 0.6) is 0 Å². The average Bonchev–Trinajstić information content (AvgIpc) is 2.17. The summed E-state index contributed by atoms with van der Waals surface area (Å²) < 4.78 is 43.5. The quantitative estimate of drug-likeness (QED) is 0.564. The molecule has 16 heavy (non-hydrogen) atoms. The second-order valence-corrected chi connectivity index (χ2v) is 3.80. The second kappa shape index (κ2) is 4.48. The summed E-state index contributed by atoms with van der Waals surface area (Å²) in [5, 5.41) is 7.16. The van der Waals surface area contributed by atoms with Crippen LogP contribution in [-0.4, -0.2) is 42.3 Å². The molecule has 1 rings (SSSR count). The number of nitrogens with zero attached hydrogens (tertiary/aromatic N) is 1. The maximum atomic E-state index is 12.9. The summed E-state index contributed by atoms with van der Waals surface area (Å²) >= 11 is 0. The lowest BCUT2D eigenvalue weighted by molar-refractivity contribution is -0.287. The first kappa shape index (κ1) is 13.1. The van der Waals surface area contributed by atoms with Gasteiger partial charge in [-0.1, -0.05) is 0 Å². The number of rotatable bonds is 2. The third-order valence-corrected chi connectivity index (χ3v) is 2.85. The fraction of sp³-hybridized carbons (Fsp3) is 0.889. The Labute approximate surface area is 92.0 Å². The Kier molecular flexibility index (Phi) is 3.67. The number of alkyl halides is 3. The molecule has 0 aromatic carbocycles. The van der Waals surface area contributed by atoms with Crippen LogP contribution in [-0.2, 0) is 4.74 Å². The number of hydrogen-bond donors (Lipinski definition) is 2. The molecule has 1 aliphatic heterocycles. The predicted molar refractivity (Wildman–Crippen MR) is 53.1 cm³/mol. The molecule has 3 N–H and O–H groups in total. The van der Waals surface area contributed by atoms with Crippen molar-refractivity contribution in [3.05, 3.63) is 0 Å². The van der Waals surface area contributed by atoms with Crippen LogP contribution in [0, 0.1) is 5.41 Å². The summed E-state index contributed by atoms with van der Waals surface area (Å²) in [5.41, 5.74) is 3.16. The lowest BCUT2D eigenvalue weighted by Gasteiger charge is -2.42. The van der Waals surface area contributed by atoms with Crippen LogP contribution < -0.4 is 5.73 Å². The molecule has 0 unspecified atom stereocenters. The molecule has 0 radical (unpaired) electrons. The Bertz CT molecular complexity index is 259. The zero-order valence-electron chi connectivity index (χ0n) is 9.10. The molecule has 1 saturated heterocycles. The molecule has 0 bridgehead atoms. The highest BCUT2D eigenvalue weighted by atomic mass is 19.4. The van der Waals surface area contributed by atoms with Gasteiger partial charge in [0.1, 0.15) is 0 Å². The van der Waals surface area contributed by atoms with Crippen molar-refractivity contribution in [1.82, 2.24) is 4.90 Å². The lowest BCUT2D eigenvalue weighted by Crippen LogP contribution is -2.56. The van der Waals surface area contributed by atoms with Crippen LogP contribution in [0.1, 0.15) is 19.8 Å². The molecule has 0 aromatic heterocycles. The highest BCUT2D eigenvalue weighted by Gasteiger charge is 2.56. The van der Waals surface area contributed by atoms with E-state index in [1.807, 2.05) is 0 Å². The molecule has 7 heteroatoms. The van der Waals surface area contributed by atoms with Gasteiger partial charge in [0.05, 0.1) is 0 Å². The fourth-order valence-corrected chi connectivity index (χ4v) is 1.89. The van der Waals surface area contributed by atoms with Crippen molar-refractivity contribution < 1.29 is 17.9 Å². The van der Waals surface area contributed by atoms with Crippen molar-refractivity contribution in [3.8, 4) is 0 Å². The average molecular weight is 239 g/mol. The van der Waals surface area contributed by atoms with Crippen molar-refractivity contribution >= 4 is 5.96 Å². The van der Waals surface area contributed by atoms with E-state index in [4.69, 9.17) is 15.9 Å². The van der Waals surface area contributed by atoms with Gasteiger partial charge in [-0.15, -0.1) is 0 Å². The van der Waals surface area contributed by atoms with Gasteiger partial charge in [0, 0.05) is 32.5 Å². The largest absolute Gasteiger partial charge is 0.417 e. The molecule has 94 valence electrons. The van der Waals surface area contributed by atoms with Gasteiger partial charge < -0.3 is 15.4 Å². The third kappa shape index (κ3) is 2.40. The normalized spacial score (nSPS) is 20.9. The molecule has 0 amide bonds. The molecule has 1 fully saturated rings. The van der Waals surface area contributed by atoms with Crippen LogP contribution in [0.2, 0.25) is 0 Å². The Morgan fingerprint density at radius 3 is 2.25 bits per heavy atom. The first-order valence-corrected chi connectivity index (χ1v) is 5.12. The second-order valence-electron chi connectivity index (χ2n) is 3.80. The molecule has 0 saturated carbocycles. The number of nitrogens with two attached hydrogens (primary N) is 1. The molecule has 0 atom stereocenters. The summed E-state index contributed by atoms with van der Waals surface area (Å²) in [4.78, 5) is 1.42. The van der Waals surface area contributed by atoms with E-state index in [2.05, 4.69) is 0 Å². The first-order valence-electron chi connectivity index (χ1n) is 5.12. The van der Waals surface area contributed by atoms with Crippen molar-refractivity contribution in [3.63, 3.8) is 0 Å². The lowest BCUT2D eigenvalue weighted by atomic mass is 9.90. The number of nitrogens with one attached hydrogen (secondary N) is 1. The van der Waals surface area contributed by atoms with Crippen LogP contribution in [0.15, 0.2) is 0 Å². The molecular formula is C9H16F3N3O. The van der Waals surface area contributed by atoms with Crippen LogP contribution in [0.3, 0.4) is 0 Å².